The van der Waals surface area contributed by atoms with Gasteiger partial charge in [-0.2, -0.15) is 0 Å². The molecule has 0 aliphatic carbocycles. The first kappa shape index (κ1) is 34.9. The highest BCUT2D eigenvalue weighted by Crippen LogP contribution is 2.02. The summed E-state index contributed by atoms with van der Waals surface area (Å²) >= 11 is 0. The van der Waals surface area contributed by atoms with Gasteiger partial charge in [-0.25, -0.2) is 0 Å². The number of imide groups is 1. The number of hydrogen-bond acceptors (Lipinski definition) is 11. The summed E-state index contributed by atoms with van der Waals surface area (Å²) in [6, 6.07) is 10.0. The Balaban J connectivity index is 1.16. The molecule has 0 bridgehead atoms. The second-order valence-corrected chi connectivity index (χ2v) is 8.60. The second-order valence-electron chi connectivity index (χ2n) is 8.60. The minimum atomic E-state index is -0.304. The molecule has 1 aliphatic heterocycles. The molecule has 0 unspecified atom stereocenters. The average Bonchev–Trinajstić information content (AvgIpc) is 3.31. The molecule has 1 aromatic rings. The van der Waals surface area contributed by atoms with Crippen LogP contribution in [0.1, 0.15) is 5.56 Å². The molecule has 0 saturated heterocycles. The van der Waals surface area contributed by atoms with Gasteiger partial charge in [-0.05, 0) is 5.56 Å². The van der Waals surface area contributed by atoms with Crippen molar-refractivity contribution in [2.24, 2.45) is 0 Å². The van der Waals surface area contributed by atoms with Crippen molar-refractivity contribution >= 4 is 11.8 Å². The third-order valence-corrected chi connectivity index (χ3v) is 5.45. The predicted octanol–water partition coefficient (Wildman–Crippen LogP) is 1.26. The number of carbonyl (C=O) groups excluding carboxylic acids is 2. The maximum absolute atomic E-state index is 11.4. The van der Waals surface area contributed by atoms with Gasteiger partial charge < -0.3 is 42.6 Å². The summed E-state index contributed by atoms with van der Waals surface area (Å²) in [6.07, 6.45) is 2.51. The molecule has 0 atom stereocenters. The van der Waals surface area contributed by atoms with Gasteiger partial charge in [0.1, 0.15) is 0 Å². The van der Waals surface area contributed by atoms with Crippen LogP contribution in [0.15, 0.2) is 42.5 Å². The van der Waals surface area contributed by atoms with Gasteiger partial charge in [0, 0.05) is 12.2 Å². The fraction of sp³-hybridized carbons (Fsp3) is 0.655. The Kier molecular flexibility index (Phi) is 21.7. The number of ether oxygens (including phenoxy) is 9. The number of amides is 2. The molecule has 0 N–H and O–H groups in total. The van der Waals surface area contributed by atoms with E-state index in [1.807, 2.05) is 30.3 Å². The molecule has 12 nitrogen and oxygen atoms in total. The van der Waals surface area contributed by atoms with Gasteiger partial charge in [-0.1, -0.05) is 30.3 Å². The zero-order valence-corrected chi connectivity index (χ0v) is 23.9. The second kappa shape index (κ2) is 25.5. The first-order valence-corrected chi connectivity index (χ1v) is 14.0. The Morgan fingerprint density at radius 3 is 1.10 bits per heavy atom. The lowest BCUT2D eigenvalue weighted by Gasteiger charge is -2.13. The highest BCUT2D eigenvalue weighted by molar-refractivity contribution is 6.12. The van der Waals surface area contributed by atoms with E-state index in [0.717, 1.165) is 10.5 Å². The van der Waals surface area contributed by atoms with Crippen LogP contribution in [0.3, 0.4) is 0 Å². The van der Waals surface area contributed by atoms with Crippen molar-refractivity contribution in [3.63, 3.8) is 0 Å². The SMILES string of the molecule is O=C1C=CC(=O)N1CCOCCOCCOCCOCCOCCOCCOCCOCCOCc1ccccc1. The molecule has 41 heavy (non-hydrogen) atoms. The van der Waals surface area contributed by atoms with E-state index in [9.17, 15) is 9.59 Å². The predicted molar refractivity (Wildman–Crippen MR) is 149 cm³/mol. The summed E-state index contributed by atoms with van der Waals surface area (Å²) in [5.74, 6) is -0.608. The van der Waals surface area contributed by atoms with E-state index in [1.165, 1.54) is 12.2 Å². The molecular weight excluding hydrogens is 538 g/mol. The highest BCUT2D eigenvalue weighted by atomic mass is 16.6. The van der Waals surface area contributed by atoms with Gasteiger partial charge in [0.15, 0.2) is 0 Å². The Morgan fingerprint density at radius 2 is 0.732 bits per heavy atom. The number of carbonyl (C=O) groups is 2. The van der Waals surface area contributed by atoms with E-state index in [2.05, 4.69) is 0 Å². The maximum atomic E-state index is 11.4. The Labute approximate surface area is 242 Å². The van der Waals surface area contributed by atoms with Gasteiger partial charge >= 0.3 is 0 Å². The molecule has 0 saturated carbocycles. The van der Waals surface area contributed by atoms with Crippen molar-refractivity contribution in [3.05, 3.63) is 48.0 Å². The molecule has 1 aromatic carbocycles. The zero-order chi connectivity index (χ0) is 29.1. The van der Waals surface area contributed by atoms with Crippen molar-refractivity contribution in [2.45, 2.75) is 6.61 Å². The van der Waals surface area contributed by atoms with Crippen molar-refractivity contribution in [2.75, 3.05) is 119 Å². The number of rotatable bonds is 29. The topological polar surface area (TPSA) is 120 Å². The summed E-state index contributed by atoms with van der Waals surface area (Å²) in [7, 11) is 0. The standard InChI is InChI=1S/C29H45NO11/c31-28-6-7-29(32)30(28)8-9-33-10-11-34-12-13-35-14-15-36-16-17-37-18-19-38-20-21-39-22-23-40-24-25-41-26-27-4-2-1-3-5-27/h1-7H,8-26H2. The van der Waals surface area contributed by atoms with Gasteiger partial charge in [0.2, 0.25) is 0 Å². The molecular formula is C29H45NO11. The Morgan fingerprint density at radius 1 is 0.415 bits per heavy atom. The monoisotopic (exact) mass is 583 g/mol. The smallest absolute Gasteiger partial charge is 0.253 e. The van der Waals surface area contributed by atoms with Crippen molar-refractivity contribution in [1.29, 1.82) is 0 Å². The lowest BCUT2D eigenvalue weighted by atomic mass is 10.2. The van der Waals surface area contributed by atoms with E-state index in [0.29, 0.717) is 112 Å². The van der Waals surface area contributed by atoms with E-state index >= 15 is 0 Å². The normalized spacial score (nSPS) is 13.1. The van der Waals surface area contributed by atoms with E-state index in [-0.39, 0.29) is 25.0 Å². The molecule has 0 fully saturated rings. The van der Waals surface area contributed by atoms with Crippen LogP contribution < -0.4 is 0 Å². The molecule has 2 rings (SSSR count). The van der Waals surface area contributed by atoms with Gasteiger partial charge in [-0.3, -0.25) is 14.5 Å². The van der Waals surface area contributed by atoms with E-state index in [1.54, 1.807) is 0 Å². The Hall–Kier alpha value is -2.26. The van der Waals surface area contributed by atoms with Crippen LogP contribution in [0.5, 0.6) is 0 Å². The third-order valence-electron chi connectivity index (χ3n) is 5.45. The van der Waals surface area contributed by atoms with Crippen LogP contribution in [0.25, 0.3) is 0 Å². The quantitative estimate of drug-likeness (QED) is 0.100. The molecule has 0 aromatic heterocycles. The lowest BCUT2D eigenvalue weighted by Crippen LogP contribution is -2.33. The average molecular weight is 584 g/mol. The number of hydrogen-bond donors (Lipinski definition) is 0. The summed E-state index contributed by atoms with van der Waals surface area (Å²) in [4.78, 5) is 23.9. The molecule has 0 spiro atoms. The van der Waals surface area contributed by atoms with Crippen LogP contribution in [-0.2, 0) is 58.8 Å². The van der Waals surface area contributed by atoms with E-state index < -0.39 is 0 Å². The molecule has 2 amide bonds. The summed E-state index contributed by atoms with van der Waals surface area (Å²) in [5.41, 5.74) is 1.15. The fourth-order valence-corrected chi connectivity index (χ4v) is 3.33. The van der Waals surface area contributed by atoms with Crippen LogP contribution in [0, 0.1) is 0 Å². The maximum Gasteiger partial charge on any atom is 0.253 e. The zero-order valence-electron chi connectivity index (χ0n) is 23.9. The highest BCUT2D eigenvalue weighted by Gasteiger charge is 2.22. The third kappa shape index (κ3) is 19.5. The first-order chi connectivity index (χ1) is 20.3. The lowest BCUT2D eigenvalue weighted by molar-refractivity contribution is -0.137. The van der Waals surface area contributed by atoms with Crippen molar-refractivity contribution in [3.8, 4) is 0 Å². The van der Waals surface area contributed by atoms with Gasteiger partial charge in [0.05, 0.1) is 125 Å². The van der Waals surface area contributed by atoms with E-state index in [4.69, 9.17) is 42.6 Å². The van der Waals surface area contributed by atoms with Gasteiger partial charge in [0.25, 0.3) is 11.8 Å². The minimum absolute atomic E-state index is 0.243. The van der Waals surface area contributed by atoms with Crippen LogP contribution in [0.2, 0.25) is 0 Å². The first-order valence-electron chi connectivity index (χ1n) is 14.0. The van der Waals surface area contributed by atoms with Crippen molar-refractivity contribution < 1.29 is 52.2 Å². The summed E-state index contributed by atoms with van der Waals surface area (Å²) in [5, 5.41) is 0. The number of nitrogens with zero attached hydrogens (tertiary/aromatic N) is 1. The molecule has 1 aliphatic rings. The summed E-state index contributed by atoms with van der Waals surface area (Å²) in [6.45, 7) is 8.93. The minimum Gasteiger partial charge on any atom is -0.377 e. The Bertz CT molecular complexity index is 791. The van der Waals surface area contributed by atoms with Crippen molar-refractivity contribution in [1.82, 2.24) is 4.90 Å². The van der Waals surface area contributed by atoms with Crippen LogP contribution in [-0.4, -0.2) is 136 Å². The molecule has 12 heteroatoms. The number of benzene rings is 1. The van der Waals surface area contributed by atoms with Crippen LogP contribution in [0.4, 0.5) is 0 Å². The van der Waals surface area contributed by atoms with Crippen LogP contribution >= 0.6 is 0 Å². The molecule has 1 heterocycles. The van der Waals surface area contributed by atoms with Gasteiger partial charge in [-0.15, -0.1) is 0 Å². The molecule has 0 radical (unpaired) electrons. The largest absolute Gasteiger partial charge is 0.377 e. The fourth-order valence-electron chi connectivity index (χ4n) is 3.33. The molecule has 232 valence electrons. The summed E-state index contributed by atoms with van der Waals surface area (Å²) < 4.78 is 49.1.